The number of anilines is 1. The van der Waals surface area contributed by atoms with Crippen molar-refractivity contribution in [2.24, 2.45) is 0 Å². The zero-order valence-electron chi connectivity index (χ0n) is 17.3. The maximum absolute atomic E-state index is 12.6. The van der Waals surface area contributed by atoms with Gasteiger partial charge in [0.25, 0.3) is 0 Å². The number of aryl methyl sites for hydroxylation is 1. The Labute approximate surface area is 181 Å². The number of nitrogens with one attached hydrogen (secondary N) is 2. The third kappa shape index (κ3) is 5.78. The molecule has 7 nitrogen and oxygen atoms in total. The maximum atomic E-state index is 12.6. The molecule has 30 heavy (non-hydrogen) atoms. The minimum absolute atomic E-state index is 0.207. The Morgan fingerprint density at radius 3 is 2.53 bits per heavy atom. The summed E-state index contributed by atoms with van der Waals surface area (Å²) in [5.41, 5.74) is 2.40. The summed E-state index contributed by atoms with van der Waals surface area (Å²) in [4.78, 5) is 4.74. The summed E-state index contributed by atoms with van der Waals surface area (Å²) in [6.45, 7) is 4.43. The number of nitrogens with zero attached hydrogens (tertiary/aromatic N) is 2. The predicted molar refractivity (Wildman–Crippen MR) is 120 cm³/mol. The van der Waals surface area contributed by atoms with Crippen molar-refractivity contribution in [2.45, 2.75) is 37.6 Å². The largest absolute Gasteiger partial charge is 0.497 e. The SMILES string of the molecule is CCC(CNc1nc(Cc2ccccc2C)ns1)NS(=O)(=O)c1ccc(OC)cc1. The second kappa shape index (κ2) is 10.0. The molecule has 0 fully saturated rings. The number of rotatable bonds is 10. The van der Waals surface area contributed by atoms with E-state index < -0.39 is 10.0 Å². The molecule has 1 atom stereocenters. The number of aromatic nitrogens is 2. The van der Waals surface area contributed by atoms with E-state index in [1.807, 2.05) is 19.1 Å². The summed E-state index contributed by atoms with van der Waals surface area (Å²) in [6, 6.07) is 14.2. The van der Waals surface area contributed by atoms with Crippen molar-refractivity contribution >= 4 is 26.7 Å². The average Bonchev–Trinajstić information content (AvgIpc) is 3.20. The molecular weight excluding hydrogens is 420 g/mol. The summed E-state index contributed by atoms with van der Waals surface area (Å²) in [6.07, 6.45) is 1.31. The van der Waals surface area contributed by atoms with Gasteiger partial charge in [-0.3, -0.25) is 0 Å². The zero-order chi connectivity index (χ0) is 21.6. The van der Waals surface area contributed by atoms with E-state index in [0.717, 1.165) is 5.82 Å². The van der Waals surface area contributed by atoms with Crippen LogP contribution in [-0.4, -0.2) is 37.5 Å². The lowest BCUT2D eigenvalue weighted by Crippen LogP contribution is -2.39. The van der Waals surface area contributed by atoms with Crippen LogP contribution in [0, 0.1) is 6.92 Å². The zero-order valence-corrected chi connectivity index (χ0v) is 18.9. The van der Waals surface area contributed by atoms with Gasteiger partial charge in [0.15, 0.2) is 0 Å². The molecule has 2 aromatic carbocycles. The lowest BCUT2D eigenvalue weighted by Gasteiger charge is -2.17. The van der Waals surface area contributed by atoms with Gasteiger partial charge in [-0.2, -0.15) is 4.37 Å². The van der Waals surface area contributed by atoms with Gasteiger partial charge < -0.3 is 10.1 Å². The third-order valence-electron chi connectivity index (χ3n) is 4.76. The predicted octanol–water partition coefficient (Wildman–Crippen LogP) is 3.61. The molecular formula is C21H26N4O3S2. The van der Waals surface area contributed by atoms with E-state index in [0.29, 0.717) is 30.3 Å². The van der Waals surface area contributed by atoms with E-state index in [1.54, 1.807) is 19.2 Å². The van der Waals surface area contributed by atoms with Gasteiger partial charge in [0.1, 0.15) is 11.6 Å². The van der Waals surface area contributed by atoms with E-state index in [9.17, 15) is 8.42 Å². The summed E-state index contributed by atoms with van der Waals surface area (Å²) < 4.78 is 37.5. The van der Waals surface area contributed by atoms with Gasteiger partial charge in [0, 0.05) is 30.5 Å². The molecule has 1 heterocycles. The highest BCUT2D eigenvalue weighted by Gasteiger charge is 2.19. The molecule has 0 saturated carbocycles. The van der Waals surface area contributed by atoms with Crippen molar-refractivity contribution in [3.8, 4) is 5.75 Å². The second-order valence-corrected chi connectivity index (χ2v) is 9.37. The van der Waals surface area contributed by atoms with Crippen molar-refractivity contribution in [2.75, 3.05) is 19.0 Å². The summed E-state index contributed by atoms with van der Waals surface area (Å²) in [5, 5.41) is 3.89. The highest BCUT2D eigenvalue weighted by atomic mass is 32.2. The molecule has 0 bridgehead atoms. The van der Waals surface area contributed by atoms with Crippen molar-refractivity contribution in [3.63, 3.8) is 0 Å². The minimum atomic E-state index is -3.62. The molecule has 3 aromatic rings. The topological polar surface area (TPSA) is 93.2 Å². The first-order valence-corrected chi connectivity index (χ1v) is 11.9. The van der Waals surface area contributed by atoms with Crippen LogP contribution < -0.4 is 14.8 Å². The van der Waals surface area contributed by atoms with Gasteiger partial charge in [-0.25, -0.2) is 18.1 Å². The third-order valence-corrected chi connectivity index (χ3v) is 7.01. The molecule has 0 aliphatic carbocycles. The second-order valence-electron chi connectivity index (χ2n) is 6.90. The number of hydrogen-bond donors (Lipinski definition) is 2. The van der Waals surface area contributed by atoms with Crippen LogP contribution in [-0.2, 0) is 16.4 Å². The van der Waals surface area contributed by atoms with Crippen LogP contribution in [0.5, 0.6) is 5.75 Å². The van der Waals surface area contributed by atoms with Crippen LogP contribution in [0.1, 0.15) is 30.3 Å². The number of hydrogen-bond acceptors (Lipinski definition) is 7. The molecule has 0 saturated heterocycles. The summed E-state index contributed by atoms with van der Waals surface area (Å²) in [5.74, 6) is 1.36. The Bertz CT molecular complexity index is 1070. The fourth-order valence-corrected chi connectivity index (χ4v) is 4.81. The molecule has 9 heteroatoms. The van der Waals surface area contributed by atoms with Gasteiger partial charge in [0.2, 0.25) is 15.2 Å². The van der Waals surface area contributed by atoms with Crippen molar-refractivity contribution in [3.05, 3.63) is 65.5 Å². The van der Waals surface area contributed by atoms with Gasteiger partial charge in [-0.15, -0.1) is 0 Å². The van der Waals surface area contributed by atoms with Gasteiger partial charge in [-0.05, 0) is 48.7 Å². The first kappa shape index (κ1) is 22.2. The van der Waals surface area contributed by atoms with Crippen molar-refractivity contribution in [1.82, 2.24) is 14.1 Å². The Morgan fingerprint density at radius 2 is 1.87 bits per heavy atom. The van der Waals surface area contributed by atoms with E-state index in [2.05, 4.69) is 38.5 Å². The van der Waals surface area contributed by atoms with Crippen LogP contribution in [0.15, 0.2) is 53.4 Å². The summed E-state index contributed by atoms with van der Waals surface area (Å²) >= 11 is 1.28. The highest BCUT2D eigenvalue weighted by Crippen LogP contribution is 2.18. The molecule has 1 unspecified atom stereocenters. The van der Waals surface area contributed by atoms with E-state index in [1.165, 1.54) is 34.8 Å². The first-order valence-electron chi connectivity index (χ1n) is 9.68. The van der Waals surface area contributed by atoms with Gasteiger partial charge >= 0.3 is 0 Å². The molecule has 0 spiro atoms. The normalized spacial score (nSPS) is 12.5. The van der Waals surface area contributed by atoms with E-state index in [4.69, 9.17) is 4.74 Å². The van der Waals surface area contributed by atoms with Gasteiger partial charge in [0.05, 0.1) is 12.0 Å². The maximum Gasteiger partial charge on any atom is 0.240 e. The monoisotopic (exact) mass is 446 g/mol. The Kier molecular flexibility index (Phi) is 7.41. The van der Waals surface area contributed by atoms with E-state index in [-0.39, 0.29) is 10.9 Å². The molecule has 3 rings (SSSR count). The smallest absolute Gasteiger partial charge is 0.240 e. The number of sulfonamides is 1. The molecule has 0 radical (unpaired) electrons. The summed E-state index contributed by atoms with van der Waals surface area (Å²) in [7, 11) is -2.08. The number of benzene rings is 2. The van der Waals surface area contributed by atoms with Crippen LogP contribution >= 0.6 is 11.5 Å². The first-order chi connectivity index (χ1) is 14.4. The van der Waals surface area contributed by atoms with Gasteiger partial charge in [-0.1, -0.05) is 31.2 Å². The van der Waals surface area contributed by atoms with Crippen LogP contribution in [0.3, 0.4) is 0 Å². The van der Waals surface area contributed by atoms with Crippen molar-refractivity contribution < 1.29 is 13.2 Å². The molecule has 0 aliphatic rings. The van der Waals surface area contributed by atoms with Crippen LogP contribution in [0.2, 0.25) is 0 Å². The van der Waals surface area contributed by atoms with Crippen molar-refractivity contribution in [1.29, 1.82) is 0 Å². The lowest BCUT2D eigenvalue weighted by atomic mass is 10.1. The number of methoxy groups -OCH3 is 1. The molecule has 0 amide bonds. The standard InChI is InChI=1S/C21H26N4O3S2/c1-4-17(25-30(26,27)19-11-9-18(28-3)10-12-19)14-22-21-23-20(24-29-21)13-16-8-6-5-7-15(16)2/h5-12,17,25H,4,13-14H2,1-3H3,(H,22,23,24). The molecule has 2 N–H and O–H groups in total. The molecule has 0 aliphatic heterocycles. The minimum Gasteiger partial charge on any atom is -0.497 e. The molecule has 160 valence electrons. The van der Waals surface area contributed by atoms with Crippen LogP contribution in [0.25, 0.3) is 0 Å². The average molecular weight is 447 g/mol. The fraction of sp³-hybridized carbons (Fsp3) is 0.333. The Hall–Kier alpha value is -2.49. The Morgan fingerprint density at radius 1 is 1.13 bits per heavy atom. The highest BCUT2D eigenvalue weighted by molar-refractivity contribution is 7.89. The molecule has 1 aromatic heterocycles. The Balaban J connectivity index is 1.58. The quantitative estimate of drug-likeness (QED) is 0.494. The fourth-order valence-electron chi connectivity index (χ4n) is 2.90. The van der Waals surface area contributed by atoms with E-state index >= 15 is 0 Å². The van der Waals surface area contributed by atoms with Crippen LogP contribution in [0.4, 0.5) is 5.13 Å². The lowest BCUT2D eigenvalue weighted by molar-refractivity contribution is 0.414. The number of ether oxygens (including phenoxy) is 1.